The summed E-state index contributed by atoms with van der Waals surface area (Å²) in [6.45, 7) is 8.12. The number of hydrogen-bond donors (Lipinski definition) is 1. The molecule has 0 unspecified atom stereocenters. The van der Waals surface area contributed by atoms with E-state index >= 15 is 0 Å². The first-order chi connectivity index (χ1) is 10.7. The highest BCUT2D eigenvalue weighted by Gasteiger charge is 2.14. The SMILES string of the molecule is CCCN(CCC)C[C@H](O)COCc1ccc2c(c1)OCO2. The van der Waals surface area contributed by atoms with E-state index in [4.69, 9.17) is 14.2 Å². The van der Waals surface area contributed by atoms with E-state index in [2.05, 4.69) is 18.7 Å². The number of fused-ring (bicyclic) bond motifs is 1. The molecule has 0 radical (unpaired) electrons. The maximum Gasteiger partial charge on any atom is 0.231 e. The highest BCUT2D eigenvalue weighted by molar-refractivity contribution is 5.44. The van der Waals surface area contributed by atoms with Crippen molar-refractivity contribution in [2.75, 3.05) is 33.0 Å². The van der Waals surface area contributed by atoms with E-state index in [1.165, 1.54) is 0 Å². The molecular formula is C17H27NO4. The molecule has 1 N–H and O–H groups in total. The van der Waals surface area contributed by atoms with Crippen LogP contribution in [0.1, 0.15) is 32.3 Å². The van der Waals surface area contributed by atoms with Crippen molar-refractivity contribution in [3.8, 4) is 11.5 Å². The molecule has 1 aliphatic heterocycles. The van der Waals surface area contributed by atoms with Gasteiger partial charge in [-0.25, -0.2) is 0 Å². The van der Waals surface area contributed by atoms with Gasteiger partial charge in [0.05, 0.1) is 19.3 Å². The Morgan fingerprint density at radius 1 is 1.18 bits per heavy atom. The maximum atomic E-state index is 10.1. The van der Waals surface area contributed by atoms with Gasteiger partial charge in [-0.3, -0.25) is 0 Å². The van der Waals surface area contributed by atoms with Gasteiger partial charge in [0.1, 0.15) is 0 Å². The number of hydrogen-bond acceptors (Lipinski definition) is 5. The molecule has 0 fully saturated rings. The number of aliphatic hydroxyl groups excluding tert-OH is 1. The third-order valence-corrected chi connectivity index (χ3v) is 3.56. The Kier molecular flexibility index (Phi) is 6.96. The van der Waals surface area contributed by atoms with E-state index in [-0.39, 0.29) is 6.79 Å². The van der Waals surface area contributed by atoms with Crippen LogP contribution in [0.3, 0.4) is 0 Å². The summed E-state index contributed by atoms with van der Waals surface area (Å²) in [6, 6.07) is 5.78. The Bertz CT molecular complexity index is 446. The van der Waals surface area contributed by atoms with Crippen molar-refractivity contribution in [1.82, 2.24) is 4.90 Å². The van der Waals surface area contributed by atoms with Crippen LogP contribution in [0.5, 0.6) is 11.5 Å². The molecule has 1 aliphatic rings. The quantitative estimate of drug-likeness (QED) is 0.719. The molecule has 0 spiro atoms. The lowest BCUT2D eigenvalue weighted by atomic mass is 10.2. The summed E-state index contributed by atoms with van der Waals surface area (Å²) < 4.78 is 16.2. The summed E-state index contributed by atoms with van der Waals surface area (Å²) in [4.78, 5) is 2.29. The molecule has 5 heteroatoms. The van der Waals surface area contributed by atoms with Crippen molar-refractivity contribution >= 4 is 0 Å². The summed E-state index contributed by atoms with van der Waals surface area (Å²) >= 11 is 0. The van der Waals surface area contributed by atoms with Gasteiger partial charge in [-0.05, 0) is 43.6 Å². The number of rotatable bonds is 10. The standard InChI is InChI=1S/C17H27NO4/c1-3-7-18(8-4-2)10-15(19)12-20-11-14-5-6-16-17(9-14)22-13-21-16/h5-6,9,15,19H,3-4,7-8,10-13H2,1-2H3/t15-/m0/s1. The van der Waals surface area contributed by atoms with Crippen LogP contribution in [0.15, 0.2) is 18.2 Å². The minimum atomic E-state index is -0.452. The van der Waals surface area contributed by atoms with E-state index in [0.717, 1.165) is 43.0 Å². The van der Waals surface area contributed by atoms with Crippen molar-refractivity contribution in [3.63, 3.8) is 0 Å². The number of ether oxygens (including phenoxy) is 3. The molecule has 22 heavy (non-hydrogen) atoms. The molecule has 0 aromatic heterocycles. The average Bonchev–Trinajstić information content (AvgIpc) is 2.95. The summed E-state index contributed by atoms with van der Waals surface area (Å²) in [6.07, 6.45) is 1.75. The second kappa shape index (κ2) is 8.98. The molecule has 0 saturated heterocycles. The lowest BCUT2D eigenvalue weighted by Gasteiger charge is -2.24. The predicted molar refractivity (Wildman–Crippen MR) is 85.2 cm³/mol. The zero-order valence-corrected chi connectivity index (χ0v) is 13.6. The van der Waals surface area contributed by atoms with Gasteiger partial charge in [-0.15, -0.1) is 0 Å². The second-order valence-electron chi connectivity index (χ2n) is 5.66. The van der Waals surface area contributed by atoms with E-state index in [1.807, 2.05) is 18.2 Å². The molecule has 1 atom stereocenters. The smallest absolute Gasteiger partial charge is 0.231 e. The maximum absolute atomic E-state index is 10.1. The molecular weight excluding hydrogens is 282 g/mol. The lowest BCUT2D eigenvalue weighted by molar-refractivity contribution is 0.00987. The van der Waals surface area contributed by atoms with Crippen molar-refractivity contribution in [1.29, 1.82) is 0 Å². The Balaban J connectivity index is 1.71. The first kappa shape index (κ1) is 17.1. The van der Waals surface area contributed by atoms with Gasteiger partial charge in [-0.2, -0.15) is 0 Å². The molecule has 1 aromatic rings. The van der Waals surface area contributed by atoms with Gasteiger partial charge in [0.25, 0.3) is 0 Å². The van der Waals surface area contributed by atoms with Crippen LogP contribution in [0.25, 0.3) is 0 Å². The summed E-state index contributed by atoms with van der Waals surface area (Å²) in [7, 11) is 0. The molecule has 0 amide bonds. The Morgan fingerprint density at radius 2 is 1.91 bits per heavy atom. The fourth-order valence-electron chi connectivity index (χ4n) is 2.62. The second-order valence-corrected chi connectivity index (χ2v) is 5.66. The summed E-state index contributed by atoms with van der Waals surface area (Å²) in [5.74, 6) is 1.54. The van der Waals surface area contributed by atoms with E-state index < -0.39 is 6.10 Å². The first-order valence-electron chi connectivity index (χ1n) is 8.09. The van der Waals surface area contributed by atoms with E-state index in [9.17, 15) is 5.11 Å². The molecule has 124 valence electrons. The van der Waals surface area contributed by atoms with Crippen molar-refractivity contribution in [2.45, 2.75) is 39.4 Å². The van der Waals surface area contributed by atoms with Crippen LogP contribution in [-0.4, -0.2) is 49.1 Å². The van der Waals surface area contributed by atoms with Gasteiger partial charge >= 0.3 is 0 Å². The zero-order chi connectivity index (χ0) is 15.8. The first-order valence-corrected chi connectivity index (χ1v) is 8.09. The molecule has 5 nitrogen and oxygen atoms in total. The Morgan fingerprint density at radius 3 is 2.64 bits per heavy atom. The number of aliphatic hydroxyl groups is 1. The third-order valence-electron chi connectivity index (χ3n) is 3.56. The lowest BCUT2D eigenvalue weighted by Crippen LogP contribution is -2.36. The molecule has 1 heterocycles. The van der Waals surface area contributed by atoms with Crippen LogP contribution >= 0.6 is 0 Å². The summed E-state index contributed by atoms with van der Waals surface area (Å²) in [5.41, 5.74) is 1.02. The Labute approximate surface area is 132 Å². The van der Waals surface area contributed by atoms with Crippen molar-refractivity contribution in [3.05, 3.63) is 23.8 Å². The van der Waals surface area contributed by atoms with Gasteiger partial charge in [-0.1, -0.05) is 19.9 Å². The minimum Gasteiger partial charge on any atom is -0.454 e. The van der Waals surface area contributed by atoms with Gasteiger partial charge in [0.2, 0.25) is 6.79 Å². The molecule has 1 aromatic carbocycles. The van der Waals surface area contributed by atoms with Crippen LogP contribution in [0, 0.1) is 0 Å². The fraction of sp³-hybridized carbons (Fsp3) is 0.647. The topological polar surface area (TPSA) is 51.2 Å². The number of benzene rings is 1. The molecule has 2 rings (SSSR count). The molecule has 0 saturated carbocycles. The summed E-state index contributed by atoms with van der Waals surface area (Å²) in [5, 5.41) is 10.1. The van der Waals surface area contributed by atoms with E-state index in [0.29, 0.717) is 19.8 Å². The zero-order valence-electron chi connectivity index (χ0n) is 13.6. The van der Waals surface area contributed by atoms with Crippen molar-refractivity contribution in [2.24, 2.45) is 0 Å². The average molecular weight is 309 g/mol. The normalized spacial score (nSPS) is 14.5. The van der Waals surface area contributed by atoms with Gasteiger partial charge in [0, 0.05) is 6.54 Å². The highest BCUT2D eigenvalue weighted by Crippen LogP contribution is 2.32. The van der Waals surface area contributed by atoms with E-state index in [1.54, 1.807) is 0 Å². The largest absolute Gasteiger partial charge is 0.454 e. The molecule has 0 aliphatic carbocycles. The fourth-order valence-corrected chi connectivity index (χ4v) is 2.62. The minimum absolute atomic E-state index is 0.281. The van der Waals surface area contributed by atoms with Gasteiger partial charge in [0.15, 0.2) is 11.5 Å². The monoisotopic (exact) mass is 309 g/mol. The highest BCUT2D eigenvalue weighted by atomic mass is 16.7. The van der Waals surface area contributed by atoms with Crippen LogP contribution in [0.2, 0.25) is 0 Å². The third kappa shape index (κ3) is 5.16. The van der Waals surface area contributed by atoms with Gasteiger partial charge < -0.3 is 24.2 Å². The van der Waals surface area contributed by atoms with Crippen molar-refractivity contribution < 1.29 is 19.3 Å². The Hall–Kier alpha value is -1.30. The predicted octanol–water partition coefficient (Wildman–Crippen LogP) is 2.41. The number of nitrogens with zero attached hydrogens (tertiary/aromatic N) is 1. The van der Waals surface area contributed by atoms with Crippen LogP contribution in [-0.2, 0) is 11.3 Å². The molecule has 0 bridgehead atoms. The van der Waals surface area contributed by atoms with Crippen LogP contribution < -0.4 is 9.47 Å². The van der Waals surface area contributed by atoms with Crippen LogP contribution in [0.4, 0.5) is 0 Å².